The van der Waals surface area contributed by atoms with Crippen molar-refractivity contribution in [1.29, 1.82) is 0 Å². The van der Waals surface area contributed by atoms with Crippen LogP contribution in [0.25, 0.3) is 11.6 Å². The van der Waals surface area contributed by atoms with Crippen LogP contribution in [0.5, 0.6) is 0 Å². The molecule has 130 valence electrons. The van der Waals surface area contributed by atoms with Crippen molar-refractivity contribution in [3.8, 4) is 11.6 Å². The molecule has 5 heteroatoms. The maximum absolute atomic E-state index is 5.59. The van der Waals surface area contributed by atoms with E-state index in [-0.39, 0.29) is 0 Å². The van der Waals surface area contributed by atoms with Gasteiger partial charge in [-0.15, -0.1) is 10.2 Å². The number of hydrogen-bond donors (Lipinski definition) is 0. The van der Waals surface area contributed by atoms with Gasteiger partial charge in [-0.1, -0.05) is 30.3 Å². The van der Waals surface area contributed by atoms with Crippen LogP contribution in [-0.2, 0) is 13.5 Å². The fourth-order valence-electron chi connectivity index (χ4n) is 3.85. The fourth-order valence-corrected chi connectivity index (χ4v) is 3.85. The van der Waals surface area contributed by atoms with Gasteiger partial charge < -0.3 is 9.32 Å². The average molecular weight is 336 g/mol. The summed E-state index contributed by atoms with van der Waals surface area (Å²) < 4.78 is 7.64. The van der Waals surface area contributed by atoms with Gasteiger partial charge in [0.2, 0.25) is 11.8 Å². The number of nitrogens with zero attached hydrogens (tertiary/aromatic N) is 4. The molecule has 5 nitrogen and oxygen atoms in total. The molecule has 1 aliphatic rings. The molecule has 1 aliphatic heterocycles. The summed E-state index contributed by atoms with van der Waals surface area (Å²) in [6.07, 6.45) is 3.99. The minimum atomic E-state index is 0.439. The van der Waals surface area contributed by atoms with Crippen molar-refractivity contribution >= 4 is 5.95 Å². The molecular weight excluding hydrogens is 312 g/mol. The molecule has 0 aliphatic carbocycles. The zero-order valence-electron chi connectivity index (χ0n) is 15.0. The molecule has 0 radical (unpaired) electrons. The summed E-state index contributed by atoms with van der Waals surface area (Å²) in [4.78, 5) is 2.38. The SMILES string of the molecule is Cc1ccoc1-c1nnc(N2CCC(Cc3ccccc3)C2C)n1C. The molecule has 3 heterocycles. The second-order valence-electron chi connectivity index (χ2n) is 6.99. The van der Waals surface area contributed by atoms with E-state index in [9.17, 15) is 0 Å². The predicted octanol–water partition coefficient (Wildman–Crippen LogP) is 3.84. The lowest BCUT2D eigenvalue weighted by Crippen LogP contribution is -2.32. The normalized spacial score (nSPS) is 20.4. The van der Waals surface area contributed by atoms with E-state index < -0.39 is 0 Å². The molecule has 0 bridgehead atoms. The fraction of sp³-hybridized carbons (Fsp3) is 0.400. The number of hydrogen-bond acceptors (Lipinski definition) is 4. The van der Waals surface area contributed by atoms with E-state index in [2.05, 4.69) is 52.4 Å². The lowest BCUT2D eigenvalue weighted by Gasteiger charge is -2.25. The van der Waals surface area contributed by atoms with Gasteiger partial charge in [0.1, 0.15) is 0 Å². The topological polar surface area (TPSA) is 47.1 Å². The Morgan fingerprint density at radius 1 is 1.16 bits per heavy atom. The number of aromatic nitrogens is 3. The molecular formula is C20H24N4O. The van der Waals surface area contributed by atoms with Crippen molar-refractivity contribution in [3.05, 3.63) is 53.8 Å². The number of anilines is 1. The first kappa shape index (κ1) is 15.9. The Balaban J connectivity index is 1.55. The molecule has 4 rings (SSSR count). The van der Waals surface area contributed by atoms with Gasteiger partial charge in [-0.2, -0.15) is 0 Å². The molecule has 2 unspecified atom stereocenters. The molecule has 0 amide bonds. The van der Waals surface area contributed by atoms with Gasteiger partial charge in [0.15, 0.2) is 5.76 Å². The number of furan rings is 1. The highest BCUT2D eigenvalue weighted by Gasteiger charge is 2.33. The summed E-state index contributed by atoms with van der Waals surface area (Å²) in [6.45, 7) is 5.34. The number of aryl methyl sites for hydroxylation is 1. The summed E-state index contributed by atoms with van der Waals surface area (Å²) in [7, 11) is 2.02. The molecule has 3 aromatic rings. The van der Waals surface area contributed by atoms with Crippen LogP contribution >= 0.6 is 0 Å². The number of benzene rings is 1. The van der Waals surface area contributed by atoms with Crippen molar-refractivity contribution in [3.63, 3.8) is 0 Å². The van der Waals surface area contributed by atoms with E-state index in [0.717, 1.165) is 36.1 Å². The summed E-state index contributed by atoms with van der Waals surface area (Å²) in [5, 5.41) is 8.85. The molecule has 2 aromatic heterocycles. The maximum Gasteiger partial charge on any atom is 0.227 e. The van der Waals surface area contributed by atoms with Crippen molar-refractivity contribution in [2.45, 2.75) is 32.7 Å². The minimum Gasteiger partial charge on any atom is -0.461 e. The van der Waals surface area contributed by atoms with Crippen molar-refractivity contribution in [1.82, 2.24) is 14.8 Å². The standard InChI is InChI=1S/C20H24N4O/c1-14-10-12-25-18(14)19-21-22-20(23(19)3)24-11-9-17(15(24)2)13-16-7-5-4-6-8-16/h4-8,10,12,15,17H,9,11,13H2,1-3H3. The predicted molar refractivity (Wildman–Crippen MR) is 98.5 cm³/mol. The van der Waals surface area contributed by atoms with Gasteiger partial charge in [0, 0.05) is 19.6 Å². The third-order valence-corrected chi connectivity index (χ3v) is 5.43. The molecule has 1 aromatic carbocycles. The Morgan fingerprint density at radius 3 is 2.68 bits per heavy atom. The van der Waals surface area contributed by atoms with Gasteiger partial charge in [-0.05, 0) is 49.8 Å². The number of rotatable bonds is 4. The summed E-state index contributed by atoms with van der Waals surface area (Å²) in [5.74, 6) is 3.15. The summed E-state index contributed by atoms with van der Waals surface area (Å²) in [6, 6.07) is 13.1. The third-order valence-electron chi connectivity index (χ3n) is 5.43. The Bertz CT molecular complexity index is 852. The first-order valence-electron chi connectivity index (χ1n) is 8.89. The Hall–Kier alpha value is -2.56. The second-order valence-corrected chi connectivity index (χ2v) is 6.99. The smallest absolute Gasteiger partial charge is 0.227 e. The molecule has 0 saturated carbocycles. The van der Waals surface area contributed by atoms with Crippen LogP contribution < -0.4 is 4.90 Å². The highest BCUT2D eigenvalue weighted by molar-refractivity contribution is 5.55. The van der Waals surface area contributed by atoms with Gasteiger partial charge in [0.25, 0.3) is 0 Å². The van der Waals surface area contributed by atoms with Crippen LogP contribution in [0.15, 0.2) is 47.1 Å². The van der Waals surface area contributed by atoms with Crippen LogP contribution in [0.4, 0.5) is 5.95 Å². The van der Waals surface area contributed by atoms with Gasteiger partial charge in [-0.3, -0.25) is 4.57 Å². The lowest BCUT2D eigenvalue weighted by molar-refractivity contribution is 0.490. The lowest BCUT2D eigenvalue weighted by atomic mass is 9.93. The van der Waals surface area contributed by atoms with Crippen LogP contribution in [0, 0.1) is 12.8 Å². The molecule has 0 spiro atoms. The quantitative estimate of drug-likeness (QED) is 0.726. The van der Waals surface area contributed by atoms with E-state index in [1.54, 1.807) is 6.26 Å². The van der Waals surface area contributed by atoms with Gasteiger partial charge in [-0.25, -0.2) is 0 Å². The monoisotopic (exact) mass is 336 g/mol. The Labute approximate surface area is 148 Å². The van der Waals surface area contributed by atoms with Crippen LogP contribution in [0.2, 0.25) is 0 Å². The summed E-state index contributed by atoms with van der Waals surface area (Å²) in [5.41, 5.74) is 2.49. The van der Waals surface area contributed by atoms with Gasteiger partial charge in [0.05, 0.1) is 6.26 Å². The van der Waals surface area contributed by atoms with Crippen molar-refractivity contribution in [2.24, 2.45) is 13.0 Å². The zero-order chi connectivity index (χ0) is 17.4. The minimum absolute atomic E-state index is 0.439. The van der Waals surface area contributed by atoms with Gasteiger partial charge >= 0.3 is 0 Å². The Kier molecular flexibility index (Phi) is 4.07. The third kappa shape index (κ3) is 2.84. The van der Waals surface area contributed by atoms with E-state index in [4.69, 9.17) is 4.42 Å². The van der Waals surface area contributed by atoms with Crippen molar-refractivity contribution < 1.29 is 4.42 Å². The Morgan fingerprint density at radius 2 is 1.96 bits per heavy atom. The van der Waals surface area contributed by atoms with Crippen molar-refractivity contribution in [2.75, 3.05) is 11.4 Å². The molecule has 0 N–H and O–H groups in total. The average Bonchev–Trinajstić information content (AvgIpc) is 3.29. The molecule has 25 heavy (non-hydrogen) atoms. The first-order valence-corrected chi connectivity index (χ1v) is 8.89. The largest absolute Gasteiger partial charge is 0.461 e. The zero-order valence-corrected chi connectivity index (χ0v) is 15.0. The second kappa shape index (κ2) is 6.39. The van der Waals surface area contributed by atoms with E-state index in [1.165, 1.54) is 12.0 Å². The summed E-state index contributed by atoms with van der Waals surface area (Å²) >= 11 is 0. The highest BCUT2D eigenvalue weighted by Crippen LogP contribution is 2.33. The van der Waals surface area contributed by atoms with E-state index in [0.29, 0.717) is 12.0 Å². The van der Waals surface area contributed by atoms with Crippen LogP contribution in [0.1, 0.15) is 24.5 Å². The van der Waals surface area contributed by atoms with Crippen LogP contribution in [-0.4, -0.2) is 27.4 Å². The molecule has 1 saturated heterocycles. The highest BCUT2D eigenvalue weighted by atomic mass is 16.3. The molecule has 1 fully saturated rings. The van der Waals surface area contributed by atoms with E-state index >= 15 is 0 Å². The van der Waals surface area contributed by atoms with E-state index in [1.807, 2.05) is 24.6 Å². The van der Waals surface area contributed by atoms with Crippen LogP contribution in [0.3, 0.4) is 0 Å². The maximum atomic E-state index is 5.59. The first-order chi connectivity index (χ1) is 12.1. The molecule has 2 atom stereocenters.